The Morgan fingerprint density at radius 3 is 2.57 bits per heavy atom. The molecule has 0 bridgehead atoms. The lowest BCUT2D eigenvalue weighted by molar-refractivity contribution is -0.153. The van der Waals surface area contributed by atoms with E-state index in [1.165, 1.54) is 6.92 Å². The van der Waals surface area contributed by atoms with Crippen LogP contribution in [0.5, 0.6) is 0 Å². The SMILES string of the molecule is CCOC(=O)C(O)CCC/C=C/C(OC(C)=O)c1ccccc1. The second-order valence-electron chi connectivity index (χ2n) is 5.07. The molecule has 2 atom stereocenters. The average Bonchev–Trinajstić information content (AvgIpc) is 2.54. The second-order valence-corrected chi connectivity index (χ2v) is 5.07. The van der Waals surface area contributed by atoms with Crippen molar-refractivity contribution >= 4 is 11.9 Å². The van der Waals surface area contributed by atoms with Crippen LogP contribution in [0.2, 0.25) is 0 Å². The first kappa shape index (κ1) is 18.9. The second kappa shape index (κ2) is 10.6. The van der Waals surface area contributed by atoms with Crippen LogP contribution in [0.4, 0.5) is 0 Å². The third-order valence-electron chi connectivity index (χ3n) is 3.14. The van der Waals surface area contributed by atoms with Gasteiger partial charge >= 0.3 is 11.9 Å². The molecule has 23 heavy (non-hydrogen) atoms. The zero-order valence-corrected chi connectivity index (χ0v) is 13.6. The van der Waals surface area contributed by atoms with Crippen molar-refractivity contribution in [2.24, 2.45) is 0 Å². The van der Waals surface area contributed by atoms with Crippen LogP contribution in [0, 0.1) is 0 Å². The van der Waals surface area contributed by atoms with E-state index in [0.717, 1.165) is 5.56 Å². The molecule has 2 unspecified atom stereocenters. The minimum atomic E-state index is -1.08. The standard InChI is InChI=1S/C18H24O5/c1-3-22-18(21)16(20)12-8-5-9-13-17(23-14(2)19)15-10-6-4-7-11-15/h4,6-7,9-11,13,16-17,20H,3,5,8,12H2,1-2H3/b13-9+. The average molecular weight is 320 g/mol. The molecule has 0 radical (unpaired) electrons. The number of esters is 2. The van der Waals surface area contributed by atoms with Crippen LogP contribution in [0.25, 0.3) is 0 Å². The van der Waals surface area contributed by atoms with Crippen molar-refractivity contribution < 1.29 is 24.2 Å². The molecule has 0 aliphatic heterocycles. The van der Waals surface area contributed by atoms with Crippen molar-refractivity contribution in [3.8, 4) is 0 Å². The first-order valence-electron chi connectivity index (χ1n) is 7.78. The Bertz CT molecular complexity index is 509. The number of ether oxygens (including phenoxy) is 2. The molecule has 1 aromatic rings. The van der Waals surface area contributed by atoms with E-state index in [-0.39, 0.29) is 12.6 Å². The first-order valence-corrected chi connectivity index (χ1v) is 7.78. The molecule has 0 aliphatic rings. The van der Waals surface area contributed by atoms with Crippen LogP contribution in [-0.2, 0) is 19.1 Å². The fourth-order valence-corrected chi connectivity index (χ4v) is 2.05. The summed E-state index contributed by atoms with van der Waals surface area (Å²) in [4.78, 5) is 22.5. The molecule has 0 aliphatic carbocycles. The monoisotopic (exact) mass is 320 g/mol. The molecule has 0 spiro atoms. The van der Waals surface area contributed by atoms with E-state index in [1.807, 2.05) is 42.5 Å². The van der Waals surface area contributed by atoms with E-state index in [2.05, 4.69) is 0 Å². The predicted molar refractivity (Wildman–Crippen MR) is 86.6 cm³/mol. The zero-order valence-electron chi connectivity index (χ0n) is 13.6. The van der Waals surface area contributed by atoms with Crippen LogP contribution in [-0.4, -0.2) is 29.8 Å². The zero-order chi connectivity index (χ0) is 17.1. The van der Waals surface area contributed by atoms with Gasteiger partial charge in [0.05, 0.1) is 6.61 Å². The van der Waals surface area contributed by atoms with Gasteiger partial charge in [0.25, 0.3) is 0 Å². The lowest BCUT2D eigenvalue weighted by atomic mass is 10.1. The quantitative estimate of drug-likeness (QED) is 0.430. The molecule has 5 nitrogen and oxygen atoms in total. The number of rotatable bonds is 9. The summed E-state index contributed by atoms with van der Waals surface area (Å²) >= 11 is 0. The van der Waals surface area contributed by atoms with Gasteiger partial charge in [-0.15, -0.1) is 0 Å². The molecule has 0 heterocycles. The van der Waals surface area contributed by atoms with Crippen molar-refractivity contribution in [2.45, 2.75) is 45.3 Å². The summed E-state index contributed by atoms with van der Waals surface area (Å²) in [6.07, 6.45) is 3.84. The smallest absolute Gasteiger partial charge is 0.334 e. The maximum atomic E-state index is 11.3. The van der Waals surface area contributed by atoms with Gasteiger partial charge in [-0.1, -0.05) is 36.4 Å². The molecular formula is C18H24O5. The van der Waals surface area contributed by atoms with Crippen LogP contribution in [0.1, 0.15) is 44.8 Å². The molecule has 0 aromatic heterocycles. The Hall–Kier alpha value is -2.14. The molecule has 1 N–H and O–H groups in total. The number of carbonyl (C=O) groups is 2. The number of hydrogen-bond donors (Lipinski definition) is 1. The number of hydrogen-bond acceptors (Lipinski definition) is 5. The number of aliphatic hydroxyl groups excluding tert-OH is 1. The van der Waals surface area contributed by atoms with E-state index in [1.54, 1.807) is 6.92 Å². The van der Waals surface area contributed by atoms with Crippen molar-refractivity contribution in [3.05, 3.63) is 48.0 Å². The van der Waals surface area contributed by atoms with Gasteiger partial charge in [-0.05, 0) is 37.8 Å². The van der Waals surface area contributed by atoms with Crippen LogP contribution < -0.4 is 0 Å². The summed E-state index contributed by atoms with van der Waals surface area (Å²) in [5.74, 6) is -0.931. The highest BCUT2D eigenvalue weighted by Gasteiger charge is 2.15. The van der Waals surface area contributed by atoms with Crippen molar-refractivity contribution in [2.75, 3.05) is 6.61 Å². The summed E-state index contributed by atoms with van der Waals surface area (Å²) in [5.41, 5.74) is 0.894. The van der Waals surface area contributed by atoms with Gasteiger partial charge in [-0.2, -0.15) is 0 Å². The molecule has 0 amide bonds. The maximum absolute atomic E-state index is 11.3. The molecule has 0 saturated heterocycles. The van der Waals surface area contributed by atoms with Crippen LogP contribution >= 0.6 is 0 Å². The fraction of sp³-hybridized carbons (Fsp3) is 0.444. The van der Waals surface area contributed by atoms with Crippen molar-refractivity contribution in [1.29, 1.82) is 0 Å². The highest BCUT2D eigenvalue weighted by Crippen LogP contribution is 2.19. The summed E-state index contributed by atoms with van der Waals surface area (Å²) in [7, 11) is 0. The number of aliphatic hydroxyl groups is 1. The molecule has 1 rings (SSSR count). The third-order valence-corrected chi connectivity index (χ3v) is 3.14. The lowest BCUT2D eigenvalue weighted by Crippen LogP contribution is -2.22. The normalized spacial score (nSPS) is 13.5. The topological polar surface area (TPSA) is 72.8 Å². The van der Waals surface area contributed by atoms with E-state index in [9.17, 15) is 14.7 Å². The van der Waals surface area contributed by atoms with Gasteiger partial charge in [-0.3, -0.25) is 4.79 Å². The summed E-state index contributed by atoms with van der Waals surface area (Å²) in [6.45, 7) is 3.34. The minimum absolute atomic E-state index is 0.261. The Balaban J connectivity index is 2.46. The summed E-state index contributed by atoms with van der Waals surface area (Å²) in [6, 6.07) is 9.45. The number of carbonyl (C=O) groups excluding carboxylic acids is 2. The fourth-order valence-electron chi connectivity index (χ4n) is 2.05. The van der Waals surface area contributed by atoms with Gasteiger partial charge in [0, 0.05) is 6.92 Å². The van der Waals surface area contributed by atoms with Gasteiger partial charge in [0.2, 0.25) is 0 Å². The summed E-state index contributed by atoms with van der Waals surface area (Å²) in [5, 5.41) is 9.59. The molecule has 1 aromatic carbocycles. The van der Waals surface area contributed by atoms with E-state index < -0.39 is 18.2 Å². The summed E-state index contributed by atoms with van der Waals surface area (Å²) < 4.78 is 10.0. The molecule has 0 saturated carbocycles. The molecule has 5 heteroatoms. The van der Waals surface area contributed by atoms with Gasteiger partial charge < -0.3 is 14.6 Å². The van der Waals surface area contributed by atoms with Gasteiger partial charge in [0.15, 0.2) is 6.10 Å². The lowest BCUT2D eigenvalue weighted by Gasteiger charge is -2.13. The van der Waals surface area contributed by atoms with Crippen molar-refractivity contribution in [1.82, 2.24) is 0 Å². The highest BCUT2D eigenvalue weighted by molar-refractivity contribution is 5.74. The Kier molecular flexibility index (Phi) is 8.68. The molecular weight excluding hydrogens is 296 g/mol. The largest absolute Gasteiger partial charge is 0.464 e. The third kappa shape index (κ3) is 7.61. The Morgan fingerprint density at radius 1 is 1.26 bits per heavy atom. The number of benzene rings is 1. The predicted octanol–water partition coefficient (Wildman–Crippen LogP) is 2.94. The van der Waals surface area contributed by atoms with E-state index in [0.29, 0.717) is 19.3 Å². The number of allylic oxidation sites excluding steroid dienone is 1. The highest BCUT2D eigenvalue weighted by atomic mass is 16.5. The van der Waals surface area contributed by atoms with E-state index >= 15 is 0 Å². The van der Waals surface area contributed by atoms with Crippen LogP contribution in [0.15, 0.2) is 42.5 Å². The van der Waals surface area contributed by atoms with Gasteiger partial charge in [0.1, 0.15) is 6.10 Å². The Morgan fingerprint density at radius 2 is 1.96 bits per heavy atom. The van der Waals surface area contributed by atoms with Crippen LogP contribution in [0.3, 0.4) is 0 Å². The minimum Gasteiger partial charge on any atom is -0.464 e. The van der Waals surface area contributed by atoms with Gasteiger partial charge in [-0.25, -0.2) is 4.79 Å². The van der Waals surface area contributed by atoms with E-state index in [4.69, 9.17) is 9.47 Å². The molecule has 126 valence electrons. The number of unbranched alkanes of at least 4 members (excludes halogenated alkanes) is 1. The molecule has 0 fully saturated rings. The van der Waals surface area contributed by atoms with Crippen molar-refractivity contribution in [3.63, 3.8) is 0 Å². The Labute approximate surface area is 136 Å². The first-order chi connectivity index (χ1) is 11.0. The maximum Gasteiger partial charge on any atom is 0.334 e.